The van der Waals surface area contributed by atoms with Crippen LogP contribution in [0.25, 0.3) is 21.3 Å². The second-order valence-corrected chi connectivity index (χ2v) is 8.57. The highest BCUT2D eigenvalue weighted by Crippen LogP contribution is 2.33. The molecule has 2 aromatic carbocycles. The number of nitrogens with one attached hydrogen (secondary N) is 1. The van der Waals surface area contributed by atoms with Crippen LogP contribution in [0.2, 0.25) is 5.02 Å². The molecule has 0 aliphatic carbocycles. The summed E-state index contributed by atoms with van der Waals surface area (Å²) in [4.78, 5) is 31.2. The van der Waals surface area contributed by atoms with Gasteiger partial charge in [0.05, 0.1) is 11.7 Å². The standard InChI is InChI=1S/C23H20ClN3O2S/c1-13-4-9-18(14(2)10-13)19-11-30-22-20(19)23(29)27(12-25-22)15(3)21(28)26-17-7-5-16(24)6-8-17/h4-12,15H,1-3H3,(H,26,28). The number of thiophene rings is 1. The minimum absolute atomic E-state index is 0.227. The number of halogens is 1. The molecule has 0 aliphatic heterocycles. The Morgan fingerprint density at radius 1 is 1.13 bits per heavy atom. The van der Waals surface area contributed by atoms with E-state index in [4.69, 9.17) is 11.6 Å². The van der Waals surface area contributed by atoms with E-state index >= 15 is 0 Å². The minimum atomic E-state index is -0.725. The molecule has 0 saturated carbocycles. The molecule has 30 heavy (non-hydrogen) atoms. The van der Waals surface area contributed by atoms with E-state index in [1.165, 1.54) is 27.8 Å². The number of hydrogen-bond donors (Lipinski definition) is 1. The SMILES string of the molecule is Cc1ccc(-c2csc3ncn(C(C)C(=O)Nc4ccc(Cl)cc4)c(=O)c23)c(C)c1. The number of carbonyl (C=O) groups is 1. The topological polar surface area (TPSA) is 64.0 Å². The highest BCUT2D eigenvalue weighted by Gasteiger charge is 2.21. The number of amides is 1. The molecule has 1 unspecified atom stereocenters. The van der Waals surface area contributed by atoms with Crippen LogP contribution in [0, 0.1) is 13.8 Å². The molecule has 0 fully saturated rings. The third-order valence-corrected chi connectivity index (χ3v) is 6.24. The van der Waals surface area contributed by atoms with Gasteiger partial charge >= 0.3 is 0 Å². The lowest BCUT2D eigenvalue weighted by Crippen LogP contribution is -2.31. The van der Waals surface area contributed by atoms with Gasteiger partial charge in [-0.25, -0.2) is 4.98 Å². The van der Waals surface area contributed by atoms with Crippen molar-refractivity contribution in [2.24, 2.45) is 0 Å². The van der Waals surface area contributed by atoms with Crippen LogP contribution >= 0.6 is 22.9 Å². The highest BCUT2D eigenvalue weighted by atomic mass is 35.5. The highest BCUT2D eigenvalue weighted by molar-refractivity contribution is 7.17. The summed E-state index contributed by atoms with van der Waals surface area (Å²) in [5.74, 6) is -0.302. The van der Waals surface area contributed by atoms with Gasteiger partial charge in [0, 0.05) is 21.7 Å². The van der Waals surface area contributed by atoms with Crippen LogP contribution in [-0.4, -0.2) is 15.5 Å². The largest absolute Gasteiger partial charge is 0.324 e. The van der Waals surface area contributed by atoms with E-state index in [2.05, 4.69) is 16.4 Å². The lowest BCUT2D eigenvalue weighted by molar-refractivity contribution is -0.118. The Bertz CT molecular complexity index is 1310. The molecule has 7 heteroatoms. The van der Waals surface area contributed by atoms with E-state index in [0.717, 1.165) is 16.7 Å². The average Bonchev–Trinajstić information content (AvgIpc) is 3.14. The molecule has 5 nitrogen and oxygen atoms in total. The van der Waals surface area contributed by atoms with Gasteiger partial charge in [0.1, 0.15) is 10.9 Å². The zero-order valence-electron chi connectivity index (χ0n) is 16.8. The summed E-state index contributed by atoms with van der Waals surface area (Å²) in [6, 6.07) is 12.3. The molecule has 0 bridgehead atoms. The number of anilines is 1. The number of rotatable bonds is 4. The van der Waals surface area contributed by atoms with Crippen LogP contribution in [0.4, 0.5) is 5.69 Å². The van der Waals surface area contributed by atoms with Gasteiger partial charge in [0.15, 0.2) is 0 Å². The van der Waals surface area contributed by atoms with Crippen LogP contribution in [-0.2, 0) is 4.79 Å². The molecule has 0 spiro atoms. The Hall–Kier alpha value is -2.96. The maximum absolute atomic E-state index is 13.3. The van der Waals surface area contributed by atoms with Gasteiger partial charge in [-0.05, 0) is 56.2 Å². The average molecular weight is 438 g/mol. The summed E-state index contributed by atoms with van der Waals surface area (Å²) < 4.78 is 1.38. The van der Waals surface area contributed by atoms with Crippen molar-refractivity contribution in [1.29, 1.82) is 0 Å². The second-order valence-electron chi connectivity index (χ2n) is 7.28. The number of benzene rings is 2. The number of aromatic nitrogens is 2. The molecule has 2 heterocycles. The summed E-state index contributed by atoms with van der Waals surface area (Å²) in [7, 11) is 0. The molecular weight excluding hydrogens is 418 g/mol. The molecule has 4 rings (SSSR count). The maximum atomic E-state index is 13.3. The summed E-state index contributed by atoms with van der Waals surface area (Å²) in [6.45, 7) is 5.75. The predicted molar refractivity (Wildman–Crippen MR) is 124 cm³/mol. The number of nitrogens with zero attached hydrogens (tertiary/aromatic N) is 2. The molecule has 0 saturated heterocycles. The molecule has 2 aromatic heterocycles. The Labute approximate surface area is 183 Å². The fourth-order valence-electron chi connectivity index (χ4n) is 3.44. The summed E-state index contributed by atoms with van der Waals surface area (Å²) in [6.07, 6.45) is 1.44. The van der Waals surface area contributed by atoms with Crippen LogP contribution in [0.3, 0.4) is 0 Å². The van der Waals surface area contributed by atoms with E-state index in [-0.39, 0.29) is 11.5 Å². The Kier molecular flexibility index (Phi) is 5.45. The molecule has 1 amide bonds. The molecular formula is C23H20ClN3O2S. The lowest BCUT2D eigenvalue weighted by Gasteiger charge is -2.15. The van der Waals surface area contributed by atoms with E-state index in [0.29, 0.717) is 20.9 Å². The fraction of sp³-hybridized carbons (Fsp3) is 0.174. The van der Waals surface area contributed by atoms with Gasteiger partial charge in [-0.3, -0.25) is 14.2 Å². The third-order valence-electron chi connectivity index (χ3n) is 5.10. The first-order valence-electron chi connectivity index (χ1n) is 9.47. The van der Waals surface area contributed by atoms with Gasteiger partial charge in [0.2, 0.25) is 5.91 Å². The van der Waals surface area contributed by atoms with Crippen LogP contribution < -0.4 is 10.9 Å². The summed E-state index contributed by atoms with van der Waals surface area (Å²) in [5.41, 5.74) is 4.50. The van der Waals surface area contributed by atoms with Crippen LogP contribution in [0.15, 0.2) is 59.0 Å². The molecule has 152 valence electrons. The van der Waals surface area contributed by atoms with E-state index in [9.17, 15) is 9.59 Å². The number of carbonyl (C=O) groups excluding carboxylic acids is 1. The van der Waals surface area contributed by atoms with Crippen molar-refractivity contribution >= 4 is 44.7 Å². The monoisotopic (exact) mass is 437 g/mol. The number of hydrogen-bond acceptors (Lipinski definition) is 4. The van der Waals surface area contributed by atoms with Crippen molar-refractivity contribution in [3.8, 4) is 11.1 Å². The third kappa shape index (κ3) is 3.76. The van der Waals surface area contributed by atoms with Crippen molar-refractivity contribution in [2.45, 2.75) is 26.8 Å². The zero-order chi connectivity index (χ0) is 21.4. The smallest absolute Gasteiger partial charge is 0.263 e. The molecule has 1 atom stereocenters. The lowest BCUT2D eigenvalue weighted by atomic mass is 9.99. The van der Waals surface area contributed by atoms with Gasteiger partial charge in [-0.15, -0.1) is 11.3 Å². The minimum Gasteiger partial charge on any atom is -0.324 e. The van der Waals surface area contributed by atoms with E-state index in [1.54, 1.807) is 31.2 Å². The van der Waals surface area contributed by atoms with Crippen molar-refractivity contribution in [3.05, 3.63) is 80.7 Å². The first kappa shape index (κ1) is 20.3. The molecule has 0 aliphatic rings. The van der Waals surface area contributed by atoms with Crippen molar-refractivity contribution in [3.63, 3.8) is 0 Å². The summed E-state index contributed by atoms with van der Waals surface area (Å²) in [5, 5.41) is 5.90. The van der Waals surface area contributed by atoms with E-state index < -0.39 is 6.04 Å². The number of fused-ring (bicyclic) bond motifs is 1. The van der Waals surface area contributed by atoms with Gasteiger partial charge in [0.25, 0.3) is 5.56 Å². The Balaban J connectivity index is 1.73. The van der Waals surface area contributed by atoms with Crippen molar-refractivity contribution in [1.82, 2.24) is 9.55 Å². The quantitative estimate of drug-likeness (QED) is 0.452. The maximum Gasteiger partial charge on any atom is 0.263 e. The normalized spacial score (nSPS) is 12.1. The predicted octanol–water partition coefficient (Wildman–Crippen LogP) is 5.59. The van der Waals surface area contributed by atoms with Crippen LogP contribution in [0.1, 0.15) is 24.1 Å². The fourth-order valence-corrected chi connectivity index (χ4v) is 4.47. The second kappa shape index (κ2) is 8.05. The molecule has 1 N–H and O–H groups in total. The van der Waals surface area contributed by atoms with Crippen LogP contribution in [0.5, 0.6) is 0 Å². The van der Waals surface area contributed by atoms with Gasteiger partial charge < -0.3 is 5.32 Å². The first-order chi connectivity index (χ1) is 14.3. The summed E-state index contributed by atoms with van der Waals surface area (Å²) >= 11 is 7.32. The first-order valence-corrected chi connectivity index (χ1v) is 10.7. The van der Waals surface area contributed by atoms with E-state index in [1.807, 2.05) is 31.4 Å². The number of aryl methyl sites for hydroxylation is 2. The Morgan fingerprint density at radius 2 is 1.87 bits per heavy atom. The zero-order valence-corrected chi connectivity index (χ0v) is 18.3. The van der Waals surface area contributed by atoms with Gasteiger partial charge in [-0.2, -0.15) is 0 Å². The van der Waals surface area contributed by atoms with Gasteiger partial charge in [-0.1, -0.05) is 35.4 Å². The van der Waals surface area contributed by atoms with Crippen molar-refractivity contribution in [2.75, 3.05) is 5.32 Å². The molecule has 4 aromatic rings. The Morgan fingerprint density at radius 3 is 2.57 bits per heavy atom. The molecule has 0 radical (unpaired) electrons. The van der Waals surface area contributed by atoms with Crippen molar-refractivity contribution < 1.29 is 4.79 Å².